The molecule has 0 aromatic heterocycles. The van der Waals surface area contributed by atoms with Crippen LogP contribution in [0.1, 0.15) is 13.3 Å². The third-order valence-electron chi connectivity index (χ3n) is 2.73. The van der Waals surface area contributed by atoms with Gasteiger partial charge in [0.15, 0.2) is 0 Å². The summed E-state index contributed by atoms with van der Waals surface area (Å²) in [6, 6.07) is 15.5. The van der Waals surface area contributed by atoms with E-state index in [9.17, 15) is 13.2 Å². The Morgan fingerprint density at radius 2 is 1.74 bits per heavy atom. The summed E-state index contributed by atoms with van der Waals surface area (Å²) in [4.78, 5) is 12.6. The lowest BCUT2D eigenvalue weighted by molar-refractivity contribution is 0.270. The average molecular weight is 351 g/mol. The highest BCUT2D eigenvalue weighted by Crippen LogP contribution is 2.24. The molecule has 1 amide bonds. The Morgan fingerprint density at radius 1 is 1.09 bits per heavy atom. The molecule has 0 saturated carbocycles. The number of hydrogen-bond donors (Lipinski definition) is 1. The molecule has 0 radical (unpaired) electrons. The van der Waals surface area contributed by atoms with Crippen LogP contribution in [0.3, 0.4) is 0 Å². The smallest absolute Gasteiger partial charge is 0.309 e. The van der Waals surface area contributed by atoms with Gasteiger partial charge in [-0.2, -0.15) is 8.42 Å². The quantitative estimate of drug-likeness (QED) is 0.626. The number of anilines is 1. The van der Waals surface area contributed by atoms with E-state index in [0.717, 1.165) is 17.4 Å². The highest BCUT2D eigenvalue weighted by Gasteiger charge is 2.11. The molecule has 1 N–H and O–H groups in total. The first-order valence-electron chi connectivity index (χ1n) is 7.04. The Kier molecular flexibility index (Phi) is 6.06. The van der Waals surface area contributed by atoms with Gasteiger partial charge >= 0.3 is 10.1 Å². The van der Waals surface area contributed by atoms with Gasteiger partial charge in [0.2, 0.25) is 0 Å². The Morgan fingerprint density at radius 3 is 2.35 bits per heavy atom. The zero-order chi connectivity index (χ0) is 16.7. The lowest BCUT2D eigenvalue weighted by atomic mass is 10.3. The first kappa shape index (κ1) is 17.4. The van der Waals surface area contributed by atoms with Crippen molar-refractivity contribution in [3.63, 3.8) is 0 Å². The molecule has 2 rings (SSSR count). The van der Waals surface area contributed by atoms with Gasteiger partial charge < -0.3 is 9.50 Å². The number of carbonyl (C=O) groups is 1. The van der Waals surface area contributed by atoms with Gasteiger partial charge in [-0.25, -0.2) is 0 Å². The lowest BCUT2D eigenvalue weighted by Crippen LogP contribution is -2.12. The minimum atomic E-state index is -3.55. The van der Waals surface area contributed by atoms with Crippen molar-refractivity contribution in [3.8, 4) is 5.75 Å². The van der Waals surface area contributed by atoms with Crippen molar-refractivity contribution >= 4 is 32.8 Å². The van der Waals surface area contributed by atoms with E-state index >= 15 is 0 Å². The highest BCUT2D eigenvalue weighted by molar-refractivity contribution is 8.13. The number of carbonyl (C=O) groups excluding carboxylic acids is 1. The van der Waals surface area contributed by atoms with Crippen LogP contribution in [-0.2, 0) is 10.1 Å². The molecule has 0 unspecified atom stereocenters. The zero-order valence-electron chi connectivity index (χ0n) is 12.6. The second kappa shape index (κ2) is 8.03. The summed E-state index contributed by atoms with van der Waals surface area (Å²) in [6.07, 6.45) is 0.496. The van der Waals surface area contributed by atoms with Crippen LogP contribution < -0.4 is 9.50 Å². The molecule has 0 aliphatic carbocycles. The molecule has 0 spiro atoms. The standard InChI is InChI=1S/C16H17NO4S2/c1-2-12-23(19,20)21-14-8-10-15(11-9-14)22-16(18)17-13-6-4-3-5-7-13/h3-11H,2,12H2,1H3,(H,17,18). The molecular weight excluding hydrogens is 334 g/mol. The minimum Gasteiger partial charge on any atom is -0.382 e. The molecule has 0 saturated heterocycles. The van der Waals surface area contributed by atoms with Gasteiger partial charge in [0.05, 0.1) is 5.75 Å². The van der Waals surface area contributed by atoms with Crippen LogP contribution in [-0.4, -0.2) is 19.4 Å². The van der Waals surface area contributed by atoms with E-state index in [0.29, 0.717) is 11.3 Å². The summed E-state index contributed by atoms with van der Waals surface area (Å²) in [5, 5.41) is 2.54. The number of hydrogen-bond acceptors (Lipinski definition) is 5. The van der Waals surface area contributed by atoms with E-state index in [1.165, 1.54) is 12.1 Å². The van der Waals surface area contributed by atoms with Crippen LogP contribution in [0, 0.1) is 0 Å². The van der Waals surface area contributed by atoms with Crippen LogP contribution in [0.25, 0.3) is 0 Å². The monoisotopic (exact) mass is 351 g/mol. The van der Waals surface area contributed by atoms with Gasteiger partial charge in [-0.15, -0.1) is 0 Å². The molecule has 0 heterocycles. The minimum absolute atomic E-state index is 0.0248. The highest BCUT2D eigenvalue weighted by atomic mass is 32.2. The topological polar surface area (TPSA) is 72.5 Å². The molecular formula is C16H17NO4S2. The van der Waals surface area contributed by atoms with Crippen molar-refractivity contribution < 1.29 is 17.4 Å². The van der Waals surface area contributed by atoms with E-state index in [-0.39, 0.29) is 16.7 Å². The SMILES string of the molecule is CCCS(=O)(=O)Oc1ccc(SC(=O)Nc2ccccc2)cc1. The fourth-order valence-corrected chi connectivity index (χ4v) is 3.42. The number of nitrogens with one attached hydrogen (secondary N) is 1. The van der Waals surface area contributed by atoms with Crippen LogP contribution in [0.15, 0.2) is 59.5 Å². The average Bonchev–Trinajstić information content (AvgIpc) is 2.50. The third-order valence-corrected chi connectivity index (χ3v) is 4.88. The maximum absolute atomic E-state index is 11.9. The van der Waals surface area contributed by atoms with Crippen LogP contribution in [0.2, 0.25) is 0 Å². The number of amides is 1. The Balaban J connectivity index is 1.93. The number of rotatable bonds is 6. The Hall–Kier alpha value is -1.99. The van der Waals surface area contributed by atoms with Crippen molar-refractivity contribution in [1.29, 1.82) is 0 Å². The second-order valence-corrected chi connectivity index (χ2v) is 7.43. The third kappa shape index (κ3) is 5.96. The van der Waals surface area contributed by atoms with Gasteiger partial charge in [-0.1, -0.05) is 25.1 Å². The summed E-state index contributed by atoms with van der Waals surface area (Å²) >= 11 is 1.02. The van der Waals surface area contributed by atoms with Crippen LogP contribution in [0.4, 0.5) is 10.5 Å². The summed E-state index contributed by atoms with van der Waals surface area (Å²) in [7, 11) is -3.55. The van der Waals surface area contributed by atoms with E-state index in [1.54, 1.807) is 31.2 Å². The molecule has 5 nitrogen and oxygen atoms in total. The summed E-state index contributed by atoms with van der Waals surface area (Å²) < 4.78 is 28.1. The molecule has 23 heavy (non-hydrogen) atoms. The molecule has 7 heteroatoms. The molecule has 0 bridgehead atoms. The van der Waals surface area contributed by atoms with Crippen molar-refractivity contribution in [2.24, 2.45) is 0 Å². The van der Waals surface area contributed by atoms with Crippen molar-refractivity contribution in [2.45, 2.75) is 18.2 Å². The first-order chi connectivity index (χ1) is 11.0. The number of para-hydroxylation sites is 1. The maximum Gasteiger partial charge on any atom is 0.309 e. The normalized spacial score (nSPS) is 11.0. The van der Waals surface area contributed by atoms with Crippen molar-refractivity contribution in [2.75, 3.05) is 11.1 Å². The van der Waals surface area contributed by atoms with Gasteiger partial charge in [-0.3, -0.25) is 4.79 Å². The van der Waals surface area contributed by atoms with Crippen molar-refractivity contribution in [3.05, 3.63) is 54.6 Å². The Labute approximate surface area is 140 Å². The molecule has 2 aromatic carbocycles. The van der Waals surface area contributed by atoms with E-state index in [4.69, 9.17) is 4.18 Å². The van der Waals surface area contributed by atoms with Crippen molar-refractivity contribution in [1.82, 2.24) is 0 Å². The van der Waals surface area contributed by atoms with E-state index in [2.05, 4.69) is 5.32 Å². The van der Waals surface area contributed by atoms with Gasteiger partial charge in [0.1, 0.15) is 5.75 Å². The van der Waals surface area contributed by atoms with E-state index < -0.39 is 10.1 Å². The van der Waals surface area contributed by atoms with Gasteiger partial charge in [0.25, 0.3) is 5.24 Å². The summed E-state index contributed by atoms with van der Waals surface area (Å²) in [5.74, 6) is 0.217. The predicted molar refractivity (Wildman–Crippen MR) is 92.5 cm³/mol. The molecule has 0 fully saturated rings. The number of benzene rings is 2. The van der Waals surface area contributed by atoms with Crippen LogP contribution >= 0.6 is 11.8 Å². The fourth-order valence-electron chi connectivity index (χ4n) is 1.77. The predicted octanol–water partition coefficient (Wildman–Crippen LogP) is 4.13. The van der Waals surface area contributed by atoms with Gasteiger partial charge in [0, 0.05) is 10.6 Å². The molecule has 2 aromatic rings. The fraction of sp³-hybridized carbons (Fsp3) is 0.188. The lowest BCUT2D eigenvalue weighted by Gasteiger charge is -2.07. The number of thioether (sulfide) groups is 1. The first-order valence-corrected chi connectivity index (χ1v) is 9.44. The molecule has 122 valence electrons. The van der Waals surface area contributed by atoms with Crippen LogP contribution in [0.5, 0.6) is 5.75 Å². The van der Waals surface area contributed by atoms with E-state index in [1.807, 2.05) is 18.2 Å². The molecule has 0 atom stereocenters. The zero-order valence-corrected chi connectivity index (χ0v) is 14.2. The van der Waals surface area contributed by atoms with Gasteiger partial charge in [-0.05, 0) is 54.6 Å². The largest absolute Gasteiger partial charge is 0.382 e. The summed E-state index contributed by atoms with van der Waals surface area (Å²) in [6.45, 7) is 1.77. The second-order valence-electron chi connectivity index (χ2n) is 4.70. The molecule has 0 aliphatic rings. The summed E-state index contributed by atoms with van der Waals surface area (Å²) in [5.41, 5.74) is 0.718. The maximum atomic E-state index is 11.9. The Bertz CT molecular complexity index is 743. The molecule has 0 aliphatic heterocycles.